The Morgan fingerprint density at radius 2 is 2.00 bits per heavy atom. The van der Waals surface area contributed by atoms with Crippen LogP contribution in [0, 0.1) is 0 Å². The van der Waals surface area contributed by atoms with Gasteiger partial charge in [-0.15, -0.1) is 0 Å². The zero-order valence-corrected chi connectivity index (χ0v) is 15.2. The van der Waals surface area contributed by atoms with Gasteiger partial charge in [-0.25, -0.2) is 8.42 Å². The number of carbonyl (C=O) groups is 1. The SMILES string of the molecule is CC(C)(CO)NC(=O)c1cc(S(=O)(=O)N2CCOCC2)ccc1Cl. The first-order valence-corrected chi connectivity index (χ1v) is 9.30. The molecule has 134 valence electrons. The van der Waals surface area contributed by atoms with Crippen LogP contribution in [0.3, 0.4) is 0 Å². The predicted octanol–water partition coefficient (Wildman–Crippen LogP) is 0.862. The summed E-state index contributed by atoms with van der Waals surface area (Å²) in [5, 5.41) is 12.0. The summed E-state index contributed by atoms with van der Waals surface area (Å²) in [5.74, 6) is -0.543. The minimum Gasteiger partial charge on any atom is -0.394 e. The highest BCUT2D eigenvalue weighted by Crippen LogP contribution is 2.24. The number of nitrogens with one attached hydrogen (secondary N) is 1. The van der Waals surface area contributed by atoms with Crippen molar-refractivity contribution >= 4 is 27.5 Å². The zero-order valence-electron chi connectivity index (χ0n) is 13.6. The van der Waals surface area contributed by atoms with Crippen LogP contribution in [0.15, 0.2) is 23.1 Å². The van der Waals surface area contributed by atoms with Crippen molar-refractivity contribution in [3.05, 3.63) is 28.8 Å². The van der Waals surface area contributed by atoms with Crippen LogP contribution in [0.1, 0.15) is 24.2 Å². The lowest BCUT2D eigenvalue weighted by atomic mass is 10.1. The van der Waals surface area contributed by atoms with Crippen molar-refractivity contribution in [2.45, 2.75) is 24.3 Å². The monoisotopic (exact) mass is 376 g/mol. The Bertz CT molecular complexity index is 715. The molecular formula is C15H21ClN2O5S. The topological polar surface area (TPSA) is 95.9 Å². The first-order chi connectivity index (χ1) is 11.2. The molecule has 1 aliphatic heterocycles. The fourth-order valence-electron chi connectivity index (χ4n) is 2.19. The largest absolute Gasteiger partial charge is 0.394 e. The Morgan fingerprint density at radius 1 is 1.38 bits per heavy atom. The number of aliphatic hydroxyl groups is 1. The van der Waals surface area contributed by atoms with Gasteiger partial charge in [-0.3, -0.25) is 4.79 Å². The molecule has 0 aromatic heterocycles. The standard InChI is InChI=1S/C15H21ClN2O5S/c1-15(2,10-19)17-14(20)12-9-11(3-4-13(12)16)24(21,22)18-5-7-23-8-6-18/h3-4,9,19H,5-8,10H2,1-2H3,(H,17,20). The molecule has 7 nitrogen and oxygen atoms in total. The maximum absolute atomic E-state index is 12.7. The van der Waals surface area contributed by atoms with Crippen molar-refractivity contribution in [2.24, 2.45) is 0 Å². The lowest BCUT2D eigenvalue weighted by molar-refractivity contribution is 0.0730. The molecule has 1 saturated heterocycles. The van der Waals surface area contributed by atoms with E-state index in [4.69, 9.17) is 16.3 Å². The fraction of sp³-hybridized carbons (Fsp3) is 0.533. The number of morpholine rings is 1. The van der Waals surface area contributed by atoms with Crippen LogP contribution in [-0.2, 0) is 14.8 Å². The van der Waals surface area contributed by atoms with Gasteiger partial charge in [-0.05, 0) is 32.0 Å². The molecular weight excluding hydrogens is 356 g/mol. The molecule has 2 rings (SSSR count). The van der Waals surface area contributed by atoms with E-state index in [1.165, 1.54) is 22.5 Å². The molecule has 1 heterocycles. The highest BCUT2D eigenvalue weighted by atomic mass is 35.5. The Morgan fingerprint density at radius 3 is 2.58 bits per heavy atom. The summed E-state index contributed by atoms with van der Waals surface area (Å²) in [6.07, 6.45) is 0. The van der Waals surface area contributed by atoms with Gasteiger partial charge in [-0.2, -0.15) is 4.31 Å². The second-order valence-electron chi connectivity index (χ2n) is 6.15. The molecule has 0 unspecified atom stereocenters. The third-order valence-corrected chi connectivity index (χ3v) is 5.86. The van der Waals surface area contributed by atoms with E-state index >= 15 is 0 Å². The molecule has 1 amide bonds. The van der Waals surface area contributed by atoms with Crippen molar-refractivity contribution in [3.8, 4) is 0 Å². The number of hydrogen-bond acceptors (Lipinski definition) is 5. The number of rotatable bonds is 5. The maximum atomic E-state index is 12.7. The van der Waals surface area contributed by atoms with Gasteiger partial charge in [0.25, 0.3) is 5.91 Å². The van der Waals surface area contributed by atoms with Gasteiger partial charge >= 0.3 is 0 Å². The van der Waals surface area contributed by atoms with E-state index in [0.29, 0.717) is 13.2 Å². The third kappa shape index (κ3) is 4.25. The molecule has 1 aromatic carbocycles. The third-order valence-electron chi connectivity index (χ3n) is 3.64. The number of ether oxygens (including phenoxy) is 1. The van der Waals surface area contributed by atoms with Gasteiger partial charge in [-0.1, -0.05) is 11.6 Å². The molecule has 1 aliphatic rings. The van der Waals surface area contributed by atoms with E-state index in [1.807, 2.05) is 0 Å². The molecule has 24 heavy (non-hydrogen) atoms. The maximum Gasteiger partial charge on any atom is 0.253 e. The van der Waals surface area contributed by atoms with E-state index in [0.717, 1.165) is 0 Å². The number of carbonyl (C=O) groups excluding carboxylic acids is 1. The van der Waals surface area contributed by atoms with Gasteiger partial charge in [0.2, 0.25) is 10.0 Å². The van der Waals surface area contributed by atoms with Crippen molar-refractivity contribution in [3.63, 3.8) is 0 Å². The second-order valence-corrected chi connectivity index (χ2v) is 8.50. The Hall–Kier alpha value is -1.19. The number of sulfonamides is 1. The van der Waals surface area contributed by atoms with Crippen molar-refractivity contribution < 1.29 is 23.1 Å². The molecule has 0 bridgehead atoms. The van der Waals surface area contributed by atoms with Crippen LogP contribution in [0.25, 0.3) is 0 Å². The number of hydrogen-bond donors (Lipinski definition) is 2. The number of halogens is 1. The van der Waals surface area contributed by atoms with Gasteiger partial charge in [0.15, 0.2) is 0 Å². The first kappa shape index (κ1) is 19.1. The predicted molar refractivity (Wildman–Crippen MR) is 89.7 cm³/mol. The number of benzene rings is 1. The van der Waals surface area contributed by atoms with Gasteiger partial charge < -0.3 is 15.2 Å². The quantitative estimate of drug-likeness (QED) is 0.794. The van der Waals surface area contributed by atoms with Gasteiger partial charge in [0, 0.05) is 13.1 Å². The van der Waals surface area contributed by atoms with E-state index in [2.05, 4.69) is 5.32 Å². The number of nitrogens with zero attached hydrogens (tertiary/aromatic N) is 1. The smallest absolute Gasteiger partial charge is 0.253 e. The normalized spacial score (nSPS) is 16.8. The Balaban J connectivity index is 2.32. The molecule has 9 heteroatoms. The molecule has 0 atom stereocenters. The fourth-order valence-corrected chi connectivity index (χ4v) is 3.83. The molecule has 1 aromatic rings. The van der Waals surface area contributed by atoms with Crippen LogP contribution in [0.4, 0.5) is 0 Å². The molecule has 0 radical (unpaired) electrons. The molecule has 0 aliphatic carbocycles. The van der Waals surface area contributed by atoms with E-state index < -0.39 is 21.5 Å². The van der Waals surface area contributed by atoms with Gasteiger partial charge in [0.05, 0.1) is 40.8 Å². The Kier molecular flexibility index (Phi) is 5.87. The summed E-state index contributed by atoms with van der Waals surface area (Å²) >= 11 is 6.05. The van der Waals surface area contributed by atoms with Crippen LogP contribution in [-0.4, -0.2) is 62.2 Å². The average molecular weight is 377 g/mol. The summed E-state index contributed by atoms with van der Waals surface area (Å²) in [4.78, 5) is 12.4. The summed E-state index contributed by atoms with van der Waals surface area (Å²) in [5.41, 5.74) is -0.799. The number of amides is 1. The summed E-state index contributed by atoms with van der Waals surface area (Å²) in [7, 11) is -3.72. The average Bonchev–Trinajstić information content (AvgIpc) is 2.55. The second kappa shape index (κ2) is 7.37. The van der Waals surface area contributed by atoms with E-state index in [9.17, 15) is 18.3 Å². The molecule has 2 N–H and O–H groups in total. The summed E-state index contributed by atoms with van der Waals surface area (Å²) in [6.45, 7) is 4.24. The van der Waals surface area contributed by atoms with Crippen molar-refractivity contribution in [2.75, 3.05) is 32.9 Å². The molecule has 0 saturated carbocycles. The zero-order chi connectivity index (χ0) is 18.0. The molecule has 0 spiro atoms. The minimum atomic E-state index is -3.72. The van der Waals surface area contributed by atoms with Crippen molar-refractivity contribution in [1.82, 2.24) is 9.62 Å². The summed E-state index contributed by atoms with van der Waals surface area (Å²) < 4.78 is 31.8. The highest BCUT2D eigenvalue weighted by Gasteiger charge is 2.28. The summed E-state index contributed by atoms with van der Waals surface area (Å²) in [6, 6.07) is 4.02. The minimum absolute atomic E-state index is 0.000699. The van der Waals surface area contributed by atoms with Gasteiger partial charge in [0.1, 0.15) is 0 Å². The number of aliphatic hydroxyl groups excluding tert-OH is 1. The van der Waals surface area contributed by atoms with Crippen molar-refractivity contribution in [1.29, 1.82) is 0 Å². The lowest BCUT2D eigenvalue weighted by Crippen LogP contribution is -2.46. The van der Waals surface area contributed by atoms with Crippen LogP contribution < -0.4 is 5.32 Å². The van der Waals surface area contributed by atoms with E-state index in [-0.39, 0.29) is 35.2 Å². The Labute approximate surface area is 146 Å². The highest BCUT2D eigenvalue weighted by molar-refractivity contribution is 7.89. The molecule has 1 fully saturated rings. The van der Waals surface area contributed by atoms with Crippen LogP contribution in [0.2, 0.25) is 5.02 Å². The van der Waals surface area contributed by atoms with E-state index in [1.54, 1.807) is 13.8 Å². The first-order valence-electron chi connectivity index (χ1n) is 7.48. The lowest BCUT2D eigenvalue weighted by Gasteiger charge is -2.26. The van der Waals surface area contributed by atoms with Crippen LogP contribution >= 0.6 is 11.6 Å². The van der Waals surface area contributed by atoms with Crippen LogP contribution in [0.5, 0.6) is 0 Å².